The lowest BCUT2D eigenvalue weighted by Crippen LogP contribution is -2.27. The van der Waals surface area contributed by atoms with E-state index in [1.54, 1.807) is 51.1 Å². The number of nitrogens with one attached hydrogen (secondary N) is 1. The monoisotopic (exact) mass is 388 g/mol. The van der Waals surface area contributed by atoms with Crippen molar-refractivity contribution in [2.24, 2.45) is 0 Å². The molecule has 0 atom stereocenters. The molecule has 27 heavy (non-hydrogen) atoms. The molecule has 0 aliphatic rings. The fraction of sp³-hybridized carbons (Fsp3) is 0.300. The number of aromatic carboxylic acids is 1. The van der Waals surface area contributed by atoms with Crippen LogP contribution in [0.1, 0.15) is 43.6 Å². The fourth-order valence-corrected chi connectivity index (χ4v) is 3.46. The highest BCUT2D eigenvalue weighted by Crippen LogP contribution is 2.37. The predicted molar refractivity (Wildman–Crippen MR) is 108 cm³/mol. The average Bonchev–Trinajstić information content (AvgIpc) is 2.56. The Balaban J connectivity index is 2.22. The SMILES string of the molecule is CCc1c(Sc2ccc(C(=O)O)cc2)ccc(NC(=O)OC(C)(C)C)c1N. The fourth-order valence-electron chi connectivity index (χ4n) is 2.42. The van der Waals surface area contributed by atoms with Crippen LogP contribution in [0.25, 0.3) is 0 Å². The Kier molecular flexibility index (Phi) is 6.38. The number of carbonyl (C=O) groups is 2. The van der Waals surface area contributed by atoms with Gasteiger partial charge in [0.25, 0.3) is 0 Å². The van der Waals surface area contributed by atoms with Crippen molar-refractivity contribution < 1.29 is 19.4 Å². The van der Waals surface area contributed by atoms with E-state index < -0.39 is 17.7 Å². The lowest BCUT2D eigenvalue weighted by atomic mass is 10.1. The molecule has 0 aliphatic heterocycles. The first kappa shape index (κ1) is 20.6. The first-order chi connectivity index (χ1) is 12.6. The summed E-state index contributed by atoms with van der Waals surface area (Å²) < 4.78 is 5.27. The van der Waals surface area contributed by atoms with Crippen LogP contribution < -0.4 is 11.1 Å². The number of hydrogen-bond acceptors (Lipinski definition) is 5. The molecule has 0 aliphatic carbocycles. The molecule has 0 radical (unpaired) electrons. The Labute approximate surface area is 163 Å². The molecular weight excluding hydrogens is 364 g/mol. The Morgan fingerprint density at radius 1 is 1.15 bits per heavy atom. The maximum Gasteiger partial charge on any atom is 0.412 e. The summed E-state index contributed by atoms with van der Waals surface area (Å²) in [6.45, 7) is 7.37. The zero-order valence-electron chi connectivity index (χ0n) is 15.8. The predicted octanol–water partition coefficient (Wildman–Crippen LogP) is 5.03. The van der Waals surface area contributed by atoms with E-state index in [1.807, 2.05) is 13.0 Å². The van der Waals surface area contributed by atoms with Crippen molar-refractivity contribution >= 4 is 35.2 Å². The summed E-state index contributed by atoms with van der Waals surface area (Å²) in [5.41, 5.74) is 7.83. The average molecular weight is 388 g/mol. The summed E-state index contributed by atoms with van der Waals surface area (Å²) in [4.78, 5) is 24.8. The van der Waals surface area contributed by atoms with Gasteiger partial charge in [-0.3, -0.25) is 5.32 Å². The second-order valence-corrected chi connectivity index (χ2v) is 8.03. The normalized spacial score (nSPS) is 11.1. The number of ether oxygens (including phenoxy) is 1. The van der Waals surface area contributed by atoms with Gasteiger partial charge in [0, 0.05) is 9.79 Å². The standard InChI is InChI=1S/C20H24N2O4S/c1-5-14-16(27-13-8-6-12(7-9-13)18(23)24)11-10-15(17(14)21)22-19(25)26-20(2,3)4/h6-11H,5,21H2,1-4H3,(H,22,25)(H,23,24). The van der Waals surface area contributed by atoms with Crippen LogP contribution in [0, 0.1) is 0 Å². The number of carboxylic acid groups (broad SMARTS) is 1. The summed E-state index contributed by atoms with van der Waals surface area (Å²) in [5.74, 6) is -0.956. The molecule has 6 nitrogen and oxygen atoms in total. The molecule has 2 rings (SSSR count). The first-order valence-electron chi connectivity index (χ1n) is 8.53. The number of nitrogens with two attached hydrogens (primary N) is 1. The number of nitrogen functional groups attached to an aromatic ring is 1. The van der Waals surface area contributed by atoms with E-state index in [1.165, 1.54) is 11.8 Å². The van der Waals surface area contributed by atoms with Gasteiger partial charge in [-0.2, -0.15) is 0 Å². The summed E-state index contributed by atoms with van der Waals surface area (Å²) >= 11 is 1.49. The molecule has 0 spiro atoms. The molecule has 2 aromatic rings. The minimum atomic E-state index is -0.956. The van der Waals surface area contributed by atoms with Crippen LogP contribution in [-0.2, 0) is 11.2 Å². The molecular formula is C20H24N2O4S. The van der Waals surface area contributed by atoms with E-state index in [0.717, 1.165) is 15.4 Å². The van der Waals surface area contributed by atoms with Gasteiger partial charge in [-0.15, -0.1) is 0 Å². The van der Waals surface area contributed by atoms with E-state index in [2.05, 4.69) is 5.32 Å². The van der Waals surface area contributed by atoms with Crippen molar-refractivity contribution in [3.05, 3.63) is 47.5 Å². The van der Waals surface area contributed by atoms with Crippen LogP contribution in [0.15, 0.2) is 46.2 Å². The van der Waals surface area contributed by atoms with Crippen molar-refractivity contribution in [3.8, 4) is 0 Å². The molecule has 0 unspecified atom stereocenters. The number of rotatable bonds is 5. The van der Waals surface area contributed by atoms with Crippen molar-refractivity contribution in [2.75, 3.05) is 11.1 Å². The van der Waals surface area contributed by atoms with Gasteiger partial charge < -0.3 is 15.6 Å². The summed E-state index contributed by atoms with van der Waals surface area (Å²) in [7, 11) is 0. The van der Waals surface area contributed by atoms with Gasteiger partial charge >= 0.3 is 12.1 Å². The first-order valence-corrected chi connectivity index (χ1v) is 9.35. The van der Waals surface area contributed by atoms with Gasteiger partial charge in [0.15, 0.2) is 0 Å². The molecule has 0 heterocycles. The van der Waals surface area contributed by atoms with E-state index in [9.17, 15) is 9.59 Å². The molecule has 1 amide bonds. The third-order valence-corrected chi connectivity index (χ3v) is 4.74. The van der Waals surface area contributed by atoms with Gasteiger partial charge in [-0.05, 0) is 69.2 Å². The third kappa shape index (κ3) is 5.65. The Morgan fingerprint density at radius 3 is 2.30 bits per heavy atom. The van der Waals surface area contributed by atoms with Crippen LogP contribution in [0.5, 0.6) is 0 Å². The van der Waals surface area contributed by atoms with E-state index in [-0.39, 0.29) is 5.56 Å². The lowest BCUT2D eigenvalue weighted by molar-refractivity contribution is 0.0634. The zero-order valence-corrected chi connectivity index (χ0v) is 16.6. The zero-order chi connectivity index (χ0) is 20.2. The van der Waals surface area contributed by atoms with Crippen molar-refractivity contribution in [2.45, 2.75) is 49.5 Å². The van der Waals surface area contributed by atoms with Gasteiger partial charge in [0.2, 0.25) is 0 Å². The van der Waals surface area contributed by atoms with Crippen molar-refractivity contribution in [1.29, 1.82) is 0 Å². The summed E-state index contributed by atoms with van der Waals surface area (Å²) in [5, 5.41) is 11.7. The van der Waals surface area contributed by atoms with E-state index in [0.29, 0.717) is 17.8 Å². The highest BCUT2D eigenvalue weighted by Gasteiger charge is 2.18. The number of carbonyl (C=O) groups excluding carboxylic acids is 1. The van der Waals surface area contributed by atoms with Crippen LogP contribution in [0.4, 0.5) is 16.2 Å². The molecule has 0 saturated carbocycles. The number of amides is 1. The molecule has 2 aromatic carbocycles. The quantitative estimate of drug-likeness (QED) is 0.621. The highest BCUT2D eigenvalue weighted by molar-refractivity contribution is 7.99. The molecule has 7 heteroatoms. The minimum Gasteiger partial charge on any atom is -0.478 e. The molecule has 4 N–H and O–H groups in total. The Hall–Kier alpha value is -2.67. The maximum atomic E-state index is 12.0. The lowest BCUT2D eigenvalue weighted by Gasteiger charge is -2.21. The maximum absolute atomic E-state index is 12.0. The van der Waals surface area contributed by atoms with E-state index in [4.69, 9.17) is 15.6 Å². The number of benzene rings is 2. The topological polar surface area (TPSA) is 102 Å². The van der Waals surface area contributed by atoms with Crippen molar-refractivity contribution in [1.82, 2.24) is 0 Å². The minimum absolute atomic E-state index is 0.242. The largest absolute Gasteiger partial charge is 0.478 e. The Bertz CT molecular complexity index is 842. The van der Waals surface area contributed by atoms with Crippen LogP contribution in [0.2, 0.25) is 0 Å². The summed E-state index contributed by atoms with van der Waals surface area (Å²) in [6, 6.07) is 10.3. The molecule has 144 valence electrons. The van der Waals surface area contributed by atoms with Gasteiger partial charge in [-0.25, -0.2) is 9.59 Å². The smallest absolute Gasteiger partial charge is 0.412 e. The summed E-state index contributed by atoms with van der Waals surface area (Å²) in [6.07, 6.45) is 0.131. The number of hydrogen-bond donors (Lipinski definition) is 3. The van der Waals surface area contributed by atoms with Crippen LogP contribution in [0.3, 0.4) is 0 Å². The second kappa shape index (κ2) is 8.35. The van der Waals surface area contributed by atoms with E-state index >= 15 is 0 Å². The Morgan fingerprint density at radius 2 is 1.78 bits per heavy atom. The third-order valence-electron chi connectivity index (χ3n) is 3.63. The molecule has 0 fully saturated rings. The van der Waals surface area contributed by atoms with Gasteiger partial charge in [0.05, 0.1) is 16.9 Å². The molecule has 0 aromatic heterocycles. The highest BCUT2D eigenvalue weighted by atomic mass is 32.2. The second-order valence-electron chi connectivity index (χ2n) is 6.92. The number of anilines is 2. The van der Waals surface area contributed by atoms with Gasteiger partial charge in [-0.1, -0.05) is 18.7 Å². The molecule has 0 saturated heterocycles. The number of carboxylic acids is 1. The van der Waals surface area contributed by atoms with Crippen molar-refractivity contribution in [3.63, 3.8) is 0 Å². The van der Waals surface area contributed by atoms with Crippen LogP contribution >= 0.6 is 11.8 Å². The van der Waals surface area contributed by atoms with Gasteiger partial charge in [0.1, 0.15) is 5.60 Å². The molecule has 0 bridgehead atoms. The van der Waals surface area contributed by atoms with Crippen LogP contribution in [-0.4, -0.2) is 22.8 Å².